The molecule has 0 amide bonds. The van der Waals surface area contributed by atoms with Crippen LogP contribution in [-0.2, 0) is 9.47 Å². The summed E-state index contributed by atoms with van der Waals surface area (Å²) in [4.78, 5) is 0. The predicted octanol–water partition coefficient (Wildman–Crippen LogP) is 1.51. The molecule has 3 heterocycles. The lowest BCUT2D eigenvalue weighted by atomic mass is 9.75. The Balaban J connectivity index is 1.89. The molecule has 0 radical (unpaired) electrons. The molecule has 0 saturated carbocycles. The quantitative estimate of drug-likeness (QED) is 0.508. The lowest BCUT2D eigenvalue weighted by Gasteiger charge is -2.26. The van der Waals surface area contributed by atoms with Crippen molar-refractivity contribution in [2.75, 3.05) is 6.61 Å². The summed E-state index contributed by atoms with van der Waals surface area (Å²) in [6, 6.07) is 0. The summed E-state index contributed by atoms with van der Waals surface area (Å²) in [7, 11) is 0. The molecule has 0 N–H and O–H groups in total. The monoisotopic (exact) mass is 166 g/mol. The minimum atomic E-state index is 0.346. The smallest absolute Gasteiger partial charge is 0.0845 e. The van der Waals surface area contributed by atoms with Gasteiger partial charge in [0.1, 0.15) is 0 Å². The van der Waals surface area contributed by atoms with Crippen LogP contribution in [0, 0.1) is 5.41 Å². The SMILES string of the molecule is CC1CC2(CO1)CC1C=CC2O1. The van der Waals surface area contributed by atoms with Crippen molar-refractivity contribution in [3.8, 4) is 0 Å². The highest BCUT2D eigenvalue weighted by Crippen LogP contribution is 2.50. The molecule has 0 aliphatic carbocycles. The van der Waals surface area contributed by atoms with Gasteiger partial charge in [0, 0.05) is 5.41 Å². The Morgan fingerprint density at radius 3 is 2.75 bits per heavy atom. The second-order valence-corrected chi connectivity index (χ2v) is 4.37. The molecule has 0 aromatic rings. The molecular formula is C10H14O2. The van der Waals surface area contributed by atoms with Crippen molar-refractivity contribution >= 4 is 0 Å². The summed E-state index contributed by atoms with van der Waals surface area (Å²) in [5.41, 5.74) is 0.346. The molecule has 2 saturated heterocycles. The molecule has 66 valence electrons. The van der Waals surface area contributed by atoms with Crippen molar-refractivity contribution in [1.82, 2.24) is 0 Å². The van der Waals surface area contributed by atoms with E-state index in [1.807, 2.05) is 0 Å². The van der Waals surface area contributed by atoms with E-state index in [1.54, 1.807) is 0 Å². The van der Waals surface area contributed by atoms with E-state index in [2.05, 4.69) is 19.1 Å². The van der Waals surface area contributed by atoms with Crippen LogP contribution in [0.3, 0.4) is 0 Å². The highest BCUT2D eigenvalue weighted by atomic mass is 16.5. The molecular weight excluding hydrogens is 152 g/mol. The minimum Gasteiger partial charge on any atom is -0.378 e. The van der Waals surface area contributed by atoms with Gasteiger partial charge in [0.15, 0.2) is 0 Å². The number of hydrogen-bond acceptors (Lipinski definition) is 2. The lowest BCUT2D eigenvalue weighted by molar-refractivity contribution is 0.0629. The average Bonchev–Trinajstić information content (AvgIpc) is 2.67. The van der Waals surface area contributed by atoms with Gasteiger partial charge in [-0.25, -0.2) is 0 Å². The van der Waals surface area contributed by atoms with E-state index in [9.17, 15) is 0 Å². The number of fused-ring (bicyclic) bond motifs is 3. The van der Waals surface area contributed by atoms with E-state index < -0.39 is 0 Å². The highest BCUT2D eigenvalue weighted by Gasteiger charge is 2.53. The van der Waals surface area contributed by atoms with Crippen LogP contribution in [0.2, 0.25) is 0 Å². The van der Waals surface area contributed by atoms with Crippen molar-refractivity contribution < 1.29 is 9.47 Å². The molecule has 2 nitrogen and oxygen atoms in total. The Bertz CT molecular complexity index is 236. The third kappa shape index (κ3) is 0.771. The van der Waals surface area contributed by atoms with Gasteiger partial charge in [0.25, 0.3) is 0 Å². The number of ether oxygens (including phenoxy) is 2. The topological polar surface area (TPSA) is 18.5 Å². The summed E-state index contributed by atoms with van der Waals surface area (Å²) in [6.07, 6.45) is 7.95. The molecule has 0 aromatic carbocycles. The Labute approximate surface area is 72.5 Å². The first-order valence-corrected chi connectivity index (χ1v) is 4.74. The maximum absolute atomic E-state index is 5.77. The molecule has 3 aliphatic rings. The zero-order chi connectivity index (χ0) is 8.18. The molecule has 12 heavy (non-hydrogen) atoms. The van der Waals surface area contributed by atoms with Gasteiger partial charge in [0.05, 0.1) is 24.9 Å². The summed E-state index contributed by atoms with van der Waals surface area (Å²) in [5.74, 6) is 0. The Kier molecular flexibility index (Phi) is 1.25. The van der Waals surface area contributed by atoms with Crippen LogP contribution in [-0.4, -0.2) is 24.9 Å². The van der Waals surface area contributed by atoms with Crippen molar-refractivity contribution in [3.05, 3.63) is 12.2 Å². The van der Waals surface area contributed by atoms with Crippen LogP contribution < -0.4 is 0 Å². The van der Waals surface area contributed by atoms with Crippen LogP contribution in [0.5, 0.6) is 0 Å². The number of hydrogen-bond donors (Lipinski definition) is 0. The summed E-state index contributed by atoms with van der Waals surface area (Å²) in [6.45, 7) is 3.06. The highest BCUT2D eigenvalue weighted by molar-refractivity contribution is 5.18. The van der Waals surface area contributed by atoms with Crippen LogP contribution >= 0.6 is 0 Å². The van der Waals surface area contributed by atoms with Crippen molar-refractivity contribution in [1.29, 1.82) is 0 Å². The maximum atomic E-state index is 5.77. The molecule has 4 unspecified atom stereocenters. The molecule has 0 aromatic heterocycles. The third-order valence-corrected chi connectivity index (χ3v) is 3.38. The van der Waals surface area contributed by atoms with Gasteiger partial charge in [-0.3, -0.25) is 0 Å². The van der Waals surface area contributed by atoms with Gasteiger partial charge in [-0.2, -0.15) is 0 Å². The first kappa shape index (κ1) is 7.10. The molecule has 4 atom stereocenters. The van der Waals surface area contributed by atoms with Gasteiger partial charge in [-0.05, 0) is 19.8 Å². The molecule has 3 rings (SSSR count). The van der Waals surface area contributed by atoms with Crippen LogP contribution in [0.15, 0.2) is 12.2 Å². The van der Waals surface area contributed by atoms with E-state index in [-0.39, 0.29) is 0 Å². The van der Waals surface area contributed by atoms with E-state index in [1.165, 1.54) is 12.8 Å². The maximum Gasteiger partial charge on any atom is 0.0845 e. The summed E-state index contributed by atoms with van der Waals surface area (Å²) < 4.78 is 11.4. The van der Waals surface area contributed by atoms with Crippen molar-refractivity contribution in [2.24, 2.45) is 5.41 Å². The first-order chi connectivity index (χ1) is 5.78. The van der Waals surface area contributed by atoms with Gasteiger partial charge in [-0.15, -0.1) is 0 Å². The number of rotatable bonds is 0. The van der Waals surface area contributed by atoms with Gasteiger partial charge >= 0.3 is 0 Å². The molecule has 2 heteroatoms. The van der Waals surface area contributed by atoms with Crippen molar-refractivity contribution in [2.45, 2.75) is 38.1 Å². The summed E-state index contributed by atoms with van der Waals surface area (Å²) in [5, 5.41) is 0. The van der Waals surface area contributed by atoms with Gasteiger partial charge in [-0.1, -0.05) is 12.2 Å². The zero-order valence-corrected chi connectivity index (χ0v) is 7.32. The predicted molar refractivity (Wildman–Crippen MR) is 44.9 cm³/mol. The lowest BCUT2D eigenvalue weighted by Crippen LogP contribution is -2.30. The zero-order valence-electron chi connectivity index (χ0n) is 7.32. The van der Waals surface area contributed by atoms with E-state index in [0.29, 0.717) is 23.7 Å². The molecule has 3 aliphatic heterocycles. The van der Waals surface area contributed by atoms with E-state index in [4.69, 9.17) is 9.47 Å². The Morgan fingerprint density at radius 1 is 1.33 bits per heavy atom. The van der Waals surface area contributed by atoms with Crippen LogP contribution in [0.1, 0.15) is 19.8 Å². The fraction of sp³-hybridized carbons (Fsp3) is 0.800. The second kappa shape index (κ2) is 2.12. The largest absolute Gasteiger partial charge is 0.378 e. The van der Waals surface area contributed by atoms with Gasteiger partial charge in [0.2, 0.25) is 0 Å². The minimum absolute atomic E-state index is 0.346. The van der Waals surface area contributed by atoms with E-state index in [0.717, 1.165) is 6.61 Å². The second-order valence-electron chi connectivity index (χ2n) is 4.37. The fourth-order valence-corrected chi connectivity index (χ4v) is 2.82. The molecule has 2 bridgehead atoms. The van der Waals surface area contributed by atoms with E-state index >= 15 is 0 Å². The Hall–Kier alpha value is -0.340. The average molecular weight is 166 g/mol. The standard InChI is InChI=1S/C10H14O2/c1-7-4-10(6-11-7)5-8-2-3-9(10)12-8/h2-3,7-9H,4-6H2,1H3. The summed E-state index contributed by atoms with van der Waals surface area (Å²) >= 11 is 0. The van der Waals surface area contributed by atoms with Crippen molar-refractivity contribution in [3.63, 3.8) is 0 Å². The Morgan fingerprint density at radius 2 is 2.25 bits per heavy atom. The third-order valence-electron chi connectivity index (χ3n) is 3.38. The first-order valence-electron chi connectivity index (χ1n) is 4.74. The molecule has 1 spiro atoms. The van der Waals surface area contributed by atoms with Crippen LogP contribution in [0.4, 0.5) is 0 Å². The molecule has 2 fully saturated rings. The fourth-order valence-electron chi connectivity index (χ4n) is 2.82. The van der Waals surface area contributed by atoms with Gasteiger partial charge < -0.3 is 9.47 Å². The van der Waals surface area contributed by atoms with Crippen LogP contribution in [0.25, 0.3) is 0 Å². The normalized spacial score (nSPS) is 55.9.